The van der Waals surface area contributed by atoms with Crippen LogP contribution in [-0.4, -0.2) is 33.5 Å². The lowest BCUT2D eigenvalue weighted by atomic mass is 10.1. The van der Waals surface area contributed by atoms with Crippen molar-refractivity contribution in [2.75, 3.05) is 29.3 Å². The molecule has 0 N–H and O–H groups in total. The van der Waals surface area contributed by atoms with Crippen molar-refractivity contribution in [2.45, 2.75) is 18.7 Å². The highest BCUT2D eigenvalue weighted by molar-refractivity contribution is 9.10. The molecule has 3 rings (SSSR count). The van der Waals surface area contributed by atoms with Crippen molar-refractivity contribution in [3.63, 3.8) is 0 Å². The van der Waals surface area contributed by atoms with Gasteiger partial charge in [0.25, 0.3) is 10.0 Å². The highest BCUT2D eigenvalue weighted by atomic mass is 79.9. The van der Waals surface area contributed by atoms with Crippen molar-refractivity contribution in [3.8, 4) is 0 Å². The van der Waals surface area contributed by atoms with E-state index in [1.807, 2.05) is 32.2 Å². The lowest BCUT2D eigenvalue weighted by Gasteiger charge is -2.37. The molecule has 122 valence electrons. The van der Waals surface area contributed by atoms with E-state index in [1.54, 1.807) is 13.0 Å². The van der Waals surface area contributed by atoms with E-state index in [0.29, 0.717) is 23.3 Å². The summed E-state index contributed by atoms with van der Waals surface area (Å²) in [5.74, 6) is 0. The minimum absolute atomic E-state index is 0.249. The summed E-state index contributed by atoms with van der Waals surface area (Å²) < 4.78 is 28.5. The number of nitrogens with zero attached hydrogens (tertiary/aromatic N) is 3. The smallest absolute Gasteiger partial charge is 0.266 e. The summed E-state index contributed by atoms with van der Waals surface area (Å²) in [6, 6.07) is 7.57. The molecule has 1 aromatic heterocycles. The second-order valence-corrected chi connectivity index (χ2v) is 8.36. The van der Waals surface area contributed by atoms with E-state index < -0.39 is 10.0 Å². The zero-order valence-corrected chi connectivity index (χ0v) is 15.6. The van der Waals surface area contributed by atoms with Crippen LogP contribution in [0.3, 0.4) is 0 Å². The lowest BCUT2D eigenvalue weighted by Crippen LogP contribution is -2.43. The molecule has 1 aromatic carbocycles. The minimum Gasteiger partial charge on any atom is -0.371 e. The first kappa shape index (κ1) is 16.3. The fourth-order valence-electron chi connectivity index (χ4n) is 2.89. The number of pyridine rings is 1. The second kappa shape index (κ2) is 5.79. The van der Waals surface area contributed by atoms with Crippen LogP contribution in [0.4, 0.5) is 11.4 Å². The molecule has 2 aromatic rings. The van der Waals surface area contributed by atoms with E-state index in [9.17, 15) is 8.42 Å². The molecule has 0 radical (unpaired) electrons. The second-order valence-electron chi connectivity index (χ2n) is 5.71. The maximum Gasteiger partial charge on any atom is 0.266 e. The van der Waals surface area contributed by atoms with Crippen LogP contribution in [0, 0.1) is 13.8 Å². The Hall–Kier alpha value is -1.60. The Bertz CT molecular complexity index is 868. The molecule has 0 bridgehead atoms. The van der Waals surface area contributed by atoms with Gasteiger partial charge in [0.15, 0.2) is 0 Å². The Morgan fingerprint density at radius 2 is 1.91 bits per heavy atom. The average molecular weight is 396 g/mol. The number of para-hydroxylation sites is 1. The number of anilines is 2. The number of aryl methyl sites for hydroxylation is 2. The number of likely N-dealkylation sites (N-methyl/N-ethyl adjacent to an activating group) is 1. The summed E-state index contributed by atoms with van der Waals surface area (Å²) in [4.78, 5) is 6.43. The number of benzene rings is 1. The average Bonchev–Trinajstić information content (AvgIpc) is 2.48. The molecule has 0 aliphatic carbocycles. The van der Waals surface area contributed by atoms with Crippen molar-refractivity contribution < 1.29 is 8.42 Å². The number of hydrogen-bond donors (Lipinski definition) is 0. The predicted octanol–water partition coefficient (Wildman–Crippen LogP) is 3.11. The van der Waals surface area contributed by atoms with Crippen LogP contribution >= 0.6 is 15.9 Å². The van der Waals surface area contributed by atoms with Crippen LogP contribution in [-0.2, 0) is 10.0 Å². The Morgan fingerprint density at radius 3 is 2.61 bits per heavy atom. The van der Waals surface area contributed by atoms with Crippen molar-refractivity contribution in [2.24, 2.45) is 0 Å². The molecule has 0 amide bonds. The topological polar surface area (TPSA) is 53.5 Å². The molecule has 23 heavy (non-hydrogen) atoms. The van der Waals surface area contributed by atoms with Gasteiger partial charge in [-0.2, -0.15) is 0 Å². The predicted molar refractivity (Wildman–Crippen MR) is 95.7 cm³/mol. The van der Waals surface area contributed by atoms with Gasteiger partial charge in [0, 0.05) is 19.8 Å². The Labute approximate surface area is 145 Å². The molecular weight excluding hydrogens is 378 g/mol. The first-order valence-electron chi connectivity index (χ1n) is 7.28. The first-order valence-corrected chi connectivity index (χ1v) is 9.51. The summed E-state index contributed by atoms with van der Waals surface area (Å²) in [5.41, 5.74) is 3.31. The van der Waals surface area contributed by atoms with Crippen LogP contribution in [0.2, 0.25) is 0 Å². The van der Waals surface area contributed by atoms with E-state index in [0.717, 1.165) is 16.9 Å². The van der Waals surface area contributed by atoms with Crippen molar-refractivity contribution >= 4 is 37.3 Å². The van der Waals surface area contributed by atoms with Gasteiger partial charge in [0.05, 0.1) is 17.9 Å². The third-order valence-corrected chi connectivity index (χ3v) is 6.48. The van der Waals surface area contributed by atoms with Gasteiger partial charge in [-0.05, 0) is 53.0 Å². The lowest BCUT2D eigenvalue weighted by molar-refractivity contribution is 0.588. The molecule has 0 spiro atoms. The van der Waals surface area contributed by atoms with E-state index in [4.69, 9.17) is 0 Å². The van der Waals surface area contributed by atoms with Crippen LogP contribution in [0.5, 0.6) is 0 Å². The van der Waals surface area contributed by atoms with Crippen LogP contribution < -0.4 is 9.21 Å². The maximum absolute atomic E-state index is 13.2. The normalized spacial score (nSPS) is 14.8. The Kier molecular flexibility index (Phi) is 4.10. The molecule has 0 fully saturated rings. The zero-order valence-electron chi connectivity index (χ0n) is 13.2. The standard InChI is InChI=1S/C16H18BrN3O2S/c1-11-5-4-6-13-16(11)20(8-7-19(13)3)23(21,22)14-10-18-15(17)9-12(14)2/h4-6,9-10H,7-8H2,1-3H3. The Balaban J connectivity index is 2.18. The number of fused-ring (bicyclic) bond motifs is 1. The largest absolute Gasteiger partial charge is 0.371 e. The molecule has 0 unspecified atom stereocenters. The molecule has 1 aliphatic rings. The number of aromatic nitrogens is 1. The van der Waals surface area contributed by atoms with Gasteiger partial charge in [0.2, 0.25) is 0 Å². The van der Waals surface area contributed by atoms with E-state index in [1.165, 1.54) is 10.5 Å². The molecule has 5 nitrogen and oxygen atoms in total. The van der Waals surface area contributed by atoms with Gasteiger partial charge in [-0.15, -0.1) is 0 Å². The SMILES string of the molecule is Cc1cc(Br)ncc1S(=O)(=O)N1CCN(C)c2cccc(C)c21. The van der Waals surface area contributed by atoms with Crippen LogP contribution in [0.15, 0.2) is 40.0 Å². The van der Waals surface area contributed by atoms with E-state index in [-0.39, 0.29) is 4.90 Å². The molecule has 0 saturated carbocycles. The number of rotatable bonds is 2. The monoisotopic (exact) mass is 395 g/mol. The maximum atomic E-state index is 13.2. The number of hydrogen-bond acceptors (Lipinski definition) is 4. The summed E-state index contributed by atoms with van der Waals surface area (Å²) in [7, 11) is -1.66. The molecule has 7 heteroatoms. The fraction of sp³-hybridized carbons (Fsp3) is 0.312. The molecule has 0 atom stereocenters. The van der Waals surface area contributed by atoms with Gasteiger partial charge in [-0.3, -0.25) is 4.31 Å². The third kappa shape index (κ3) is 2.72. The van der Waals surface area contributed by atoms with Crippen LogP contribution in [0.1, 0.15) is 11.1 Å². The summed E-state index contributed by atoms with van der Waals surface area (Å²) in [6.45, 7) is 4.80. The molecular formula is C16H18BrN3O2S. The van der Waals surface area contributed by atoms with Gasteiger partial charge in [-0.25, -0.2) is 13.4 Å². The highest BCUT2D eigenvalue weighted by Gasteiger charge is 2.33. The van der Waals surface area contributed by atoms with E-state index in [2.05, 4.69) is 25.8 Å². The zero-order chi connectivity index (χ0) is 16.8. The molecule has 2 heterocycles. The third-order valence-electron chi connectivity index (χ3n) is 4.11. The van der Waals surface area contributed by atoms with Gasteiger partial charge < -0.3 is 4.90 Å². The molecule has 0 saturated heterocycles. The quantitative estimate of drug-likeness (QED) is 0.733. The van der Waals surface area contributed by atoms with Crippen molar-refractivity contribution in [3.05, 3.63) is 46.2 Å². The number of halogens is 1. The summed E-state index contributed by atoms with van der Waals surface area (Å²) >= 11 is 3.28. The summed E-state index contributed by atoms with van der Waals surface area (Å²) in [5, 5.41) is 0. The highest BCUT2D eigenvalue weighted by Crippen LogP contribution is 2.38. The summed E-state index contributed by atoms with van der Waals surface area (Å²) in [6.07, 6.45) is 1.42. The number of sulfonamides is 1. The van der Waals surface area contributed by atoms with Gasteiger partial charge in [-0.1, -0.05) is 12.1 Å². The van der Waals surface area contributed by atoms with E-state index >= 15 is 0 Å². The van der Waals surface area contributed by atoms with Gasteiger partial charge >= 0.3 is 0 Å². The minimum atomic E-state index is -3.65. The fourth-order valence-corrected chi connectivity index (χ4v) is 5.02. The molecule has 1 aliphatic heterocycles. The van der Waals surface area contributed by atoms with Crippen molar-refractivity contribution in [1.29, 1.82) is 0 Å². The van der Waals surface area contributed by atoms with Gasteiger partial charge in [0.1, 0.15) is 9.50 Å². The Morgan fingerprint density at radius 1 is 1.17 bits per heavy atom. The van der Waals surface area contributed by atoms with Crippen LogP contribution in [0.25, 0.3) is 0 Å². The van der Waals surface area contributed by atoms with Crippen molar-refractivity contribution in [1.82, 2.24) is 4.98 Å². The first-order chi connectivity index (χ1) is 10.8.